The molecule has 1 amide bonds. The Morgan fingerprint density at radius 1 is 1.15 bits per heavy atom. The first kappa shape index (κ1) is 19.9. The van der Waals surface area contributed by atoms with Gasteiger partial charge in [0.05, 0.1) is 15.5 Å². The first-order valence-corrected chi connectivity index (χ1v) is 10.6. The fourth-order valence-electron chi connectivity index (χ4n) is 3.36. The van der Waals surface area contributed by atoms with E-state index in [1.807, 2.05) is 18.2 Å². The quantitative estimate of drug-likeness (QED) is 0.799. The normalized spacial score (nSPS) is 16.0. The molecule has 0 radical (unpaired) electrons. The average molecular weight is 407 g/mol. The highest BCUT2D eigenvalue weighted by atomic mass is 35.5. The maximum absolute atomic E-state index is 12.7. The van der Waals surface area contributed by atoms with Gasteiger partial charge < -0.3 is 5.32 Å². The number of amides is 1. The van der Waals surface area contributed by atoms with Gasteiger partial charge in [0.1, 0.15) is 0 Å². The molecule has 0 atom stereocenters. The van der Waals surface area contributed by atoms with E-state index in [1.165, 1.54) is 37.9 Å². The molecule has 1 aliphatic rings. The summed E-state index contributed by atoms with van der Waals surface area (Å²) < 4.78 is 25.8. The van der Waals surface area contributed by atoms with E-state index in [4.69, 9.17) is 11.6 Å². The van der Waals surface area contributed by atoms with Gasteiger partial charge in [-0.15, -0.1) is 0 Å². The smallest absolute Gasteiger partial charge is 0.252 e. The van der Waals surface area contributed by atoms with E-state index in [9.17, 15) is 13.2 Å². The van der Waals surface area contributed by atoms with Gasteiger partial charge in [-0.3, -0.25) is 4.79 Å². The molecule has 5 nitrogen and oxygen atoms in total. The van der Waals surface area contributed by atoms with Crippen molar-refractivity contribution in [3.63, 3.8) is 0 Å². The van der Waals surface area contributed by atoms with Crippen molar-refractivity contribution in [3.05, 3.63) is 64.7 Å². The van der Waals surface area contributed by atoms with Crippen molar-refractivity contribution in [1.29, 1.82) is 0 Å². The van der Waals surface area contributed by atoms with Gasteiger partial charge in [0, 0.05) is 26.1 Å². The molecular formula is C20H23ClN2O3S. The monoisotopic (exact) mass is 406 g/mol. The number of benzene rings is 2. The number of hydrogen-bond acceptors (Lipinski definition) is 3. The summed E-state index contributed by atoms with van der Waals surface area (Å²) in [7, 11) is -0.738. The number of carbonyl (C=O) groups is 1. The highest BCUT2D eigenvalue weighted by Crippen LogP contribution is 2.43. The van der Waals surface area contributed by atoms with Crippen LogP contribution in [0.5, 0.6) is 0 Å². The largest absolute Gasteiger partial charge is 0.351 e. The molecule has 2 aromatic carbocycles. The predicted molar refractivity (Wildman–Crippen MR) is 107 cm³/mol. The minimum atomic E-state index is -3.63. The van der Waals surface area contributed by atoms with Gasteiger partial charge in [-0.25, -0.2) is 12.7 Å². The van der Waals surface area contributed by atoms with Gasteiger partial charge in [0.15, 0.2) is 0 Å². The van der Waals surface area contributed by atoms with E-state index in [1.54, 1.807) is 0 Å². The molecule has 7 heteroatoms. The van der Waals surface area contributed by atoms with Crippen LogP contribution in [0.25, 0.3) is 0 Å². The Morgan fingerprint density at radius 3 is 2.37 bits per heavy atom. The number of halogens is 1. The van der Waals surface area contributed by atoms with Gasteiger partial charge in [-0.05, 0) is 36.6 Å². The molecule has 1 aliphatic carbocycles. The Labute approximate surface area is 165 Å². The third-order valence-electron chi connectivity index (χ3n) is 5.25. The van der Waals surface area contributed by atoms with E-state index in [-0.39, 0.29) is 26.8 Å². The molecule has 1 N–H and O–H groups in total. The first-order valence-electron chi connectivity index (χ1n) is 8.82. The number of nitrogens with zero attached hydrogens (tertiary/aromatic N) is 1. The number of sulfonamides is 1. The molecule has 27 heavy (non-hydrogen) atoms. The van der Waals surface area contributed by atoms with Crippen LogP contribution in [0.1, 0.15) is 35.2 Å². The molecule has 3 rings (SSSR count). The van der Waals surface area contributed by atoms with Gasteiger partial charge >= 0.3 is 0 Å². The zero-order valence-electron chi connectivity index (χ0n) is 15.4. The van der Waals surface area contributed by atoms with Crippen LogP contribution in [0.4, 0.5) is 0 Å². The molecule has 0 saturated heterocycles. The lowest BCUT2D eigenvalue weighted by molar-refractivity contribution is 0.0928. The molecule has 0 aliphatic heterocycles. The van der Waals surface area contributed by atoms with Crippen LogP contribution in [0, 0.1) is 0 Å². The summed E-state index contributed by atoms with van der Waals surface area (Å²) >= 11 is 6.17. The third kappa shape index (κ3) is 3.88. The Kier molecular flexibility index (Phi) is 5.60. The first-order chi connectivity index (χ1) is 12.8. The maximum atomic E-state index is 12.7. The molecule has 1 fully saturated rings. The summed E-state index contributed by atoms with van der Waals surface area (Å²) in [4.78, 5) is 12.8. The van der Waals surface area contributed by atoms with Crippen LogP contribution in [0.2, 0.25) is 5.02 Å². The van der Waals surface area contributed by atoms with Crippen molar-refractivity contribution in [3.8, 4) is 0 Å². The highest BCUT2D eigenvalue weighted by molar-refractivity contribution is 7.89. The van der Waals surface area contributed by atoms with Gasteiger partial charge in [0.25, 0.3) is 5.91 Å². The van der Waals surface area contributed by atoms with Crippen molar-refractivity contribution in [2.24, 2.45) is 0 Å². The molecule has 0 aromatic heterocycles. The highest BCUT2D eigenvalue weighted by Gasteiger charge is 2.38. The lowest BCUT2D eigenvalue weighted by Gasteiger charge is -2.42. The van der Waals surface area contributed by atoms with Crippen LogP contribution < -0.4 is 5.32 Å². The van der Waals surface area contributed by atoms with Crippen molar-refractivity contribution >= 4 is 27.5 Å². The van der Waals surface area contributed by atoms with E-state index in [0.29, 0.717) is 6.54 Å². The van der Waals surface area contributed by atoms with Crippen LogP contribution >= 0.6 is 11.6 Å². The lowest BCUT2D eigenvalue weighted by Crippen LogP contribution is -2.45. The number of nitrogens with one attached hydrogen (secondary N) is 1. The van der Waals surface area contributed by atoms with Crippen LogP contribution in [-0.2, 0) is 15.4 Å². The van der Waals surface area contributed by atoms with E-state index < -0.39 is 10.0 Å². The Bertz CT molecular complexity index is 939. The second kappa shape index (κ2) is 7.62. The van der Waals surface area contributed by atoms with Crippen molar-refractivity contribution in [2.75, 3.05) is 20.6 Å². The standard InChI is InChI=1S/C20H23ClN2O3S/c1-23(2)27(25,26)16-9-10-18(21)17(13-16)19(24)22-14-20(11-6-12-20)15-7-4-3-5-8-15/h3-5,7-10,13H,6,11-12,14H2,1-2H3,(H,22,24). The maximum Gasteiger partial charge on any atom is 0.252 e. The second-order valence-corrected chi connectivity index (χ2v) is 9.67. The summed E-state index contributed by atoms with van der Waals surface area (Å²) in [6.07, 6.45) is 3.15. The summed E-state index contributed by atoms with van der Waals surface area (Å²) in [6.45, 7) is 0.497. The van der Waals surface area contributed by atoms with Crippen LogP contribution in [-0.4, -0.2) is 39.3 Å². The Hall–Kier alpha value is -1.89. The Balaban J connectivity index is 1.81. The summed E-state index contributed by atoms with van der Waals surface area (Å²) in [5, 5.41) is 3.19. The zero-order chi connectivity index (χ0) is 19.7. The van der Waals surface area contributed by atoms with E-state index in [2.05, 4.69) is 17.4 Å². The van der Waals surface area contributed by atoms with Crippen molar-refractivity contribution in [2.45, 2.75) is 29.6 Å². The Morgan fingerprint density at radius 2 is 1.81 bits per heavy atom. The average Bonchev–Trinajstić information content (AvgIpc) is 2.61. The molecule has 1 saturated carbocycles. The summed E-state index contributed by atoms with van der Waals surface area (Å²) in [5.41, 5.74) is 1.32. The summed E-state index contributed by atoms with van der Waals surface area (Å²) in [6, 6.07) is 14.3. The fourth-order valence-corrected chi connectivity index (χ4v) is 4.49. The molecule has 0 heterocycles. The molecule has 144 valence electrons. The number of rotatable bonds is 6. The SMILES string of the molecule is CN(C)S(=O)(=O)c1ccc(Cl)c(C(=O)NCC2(c3ccccc3)CCC2)c1. The van der Waals surface area contributed by atoms with Crippen LogP contribution in [0.15, 0.2) is 53.4 Å². The second-order valence-electron chi connectivity index (χ2n) is 7.11. The van der Waals surface area contributed by atoms with Crippen molar-refractivity contribution in [1.82, 2.24) is 9.62 Å². The molecule has 2 aromatic rings. The van der Waals surface area contributed by atoms with Crippen molar-refractivity contribution < 1.29 is 13.2 Å². The number of hydrogen-bond donors (Lipinski definition) is 1. The molecule has 0 unspecified atom stereocenters. The topological polar surface area (TPSA) is 66.5 Å². The van der Waals surface area contributed by atoms with E-state index >= 15 is 0 Å². The minimum absolute atomic E-state index is 0.0449. The van der Waals surface area contributed by atoms with Crippen LogP contribution in [0.3, 0.4) is 0 Å². The lowest BCUT2D eigenvalue weighted by atomic mass is 9.64. The third-order valence-corrected chi connectivity index (χ3v) is 7.39. The van der Waals surface area contributed by atoms with Gasteiger partial charge in [-0.1, -0.05) is 48.4 Å². The fraction of sp³-hybridized carbons (Fsp3) is 0.350. The molecular weight excluding hydrogens is 384 g/mol. The van der Waals surface area contributed by atoms with E-state index in [0.717, 1.165) is 23.6 Å². The van der Waals surface area contributed by atoms with Gasteiger partial charge in [0.2, 0.25) is 10.0 Å². The minimum Gasteiger partial charge on any atom is -0.351 e. The predicted octanol–water partition coefficient (Wildman–Crippen LogP) is 3.44. The number of carbonyl (C=O) groups excluding carboxylic acids is 1. The molecule has 0 spiro atoms. The van der Waals surface area contributed by atoms with Gasteiger partial charge in [-0.2, -0.15) is 0 Å². The zero-order valence-corrected chi connectivity index (χ0v) is 17.0. The molecule has 0 bridgehead atoms. The summed E-state index contributed by atoms with van der Waals surface area (Å²) in [5.74, 6) is -0.363.